The second-order valence-electron chi connectivity index (χ2n) is 5.18. The second-order valence-corrected chi connectivity index (χ2v) is 8.07. The number of halogens is 1. The molecule has 122 valence electrons. The number of rotatable bonds is 5. The number of amides is 1. The van der Waals surface area contributed by atoms with Crippen molar-refractivity contribution in [2.24, 2.45) is 0 Å². The first-order valence-electron chi connectivity index (χ1n) is 7.01. The van der Waals surface area contributed by atoms with Crippen molar-refractivity contribution in [3.8, 4) is 0 Å². The molecule has 1 fully saturated rings. The van der Waals surface area contributed by atoms with E-state index in [1.165, 1.54) is 28.2 Å². The van der Waals surface area contributed by atoms with Crippen molar-refractivity contribution in [1.29, 1.82) is 0 Å². The average Bonchev–Trinajstić information content (AvgIpc) is 2.97. The predicted octanol–water partition coefficient (Wildman–Crippen LogP) is 1.80. The Balaban J connectivity index is 2.22. The number of hydrogen-bond acceptors (Lipinski definition) is 4. The van der Waals surface area contributed by atoms with Gasteiger partial charge < -0.3 is 5.32 Å². The van der Waals surface area contributed by atoms with Crippen molar-refractivity contribution in [2.75, 3.05) is 11.6 Å². The molecular formula is C14H19FN2O3S2. The van der Waals surface area contributed by atoms with Crippen LogP contribution in [0.1, 0.15) is 20.3 Å². The molecule has 1 saturated heterocycles. The van der Waals surface area contributed by atoms with Crippen molar-refractivity contribution in [3.05, 3.63) is 30.1 Å². The smallest absolute Gasteiger partial charge is 0.244 e. The van der Waals surface area contributed by atoms with E-state index in [1.807, 2.05) is 13.8 Å². The molecule has 8 heteroatoms. The fraction of sp³-hybridized carbons (Fsp3) is 0.500. The van der Waals surface area contributed by atoms with Gasteiger partial charge in [0.2, 0.25) is 15.9 Å². The Bertz CT molecular complexity index is 634. The van der Waals surface area contributed by atoms with Gasteiger partial charge in [0, 0.05) is 11.8 Å². The number of benzene rings is 1. The van der Waals surface area contributed by atoms with Gasteiger partial charge in [0.05, 0.1) is 10.8 Å². The van der Waals surface area contributed by atoms with E-state index in [2.05, 4.69) is 5.32 Å². The molecule has 1 heterocycles. The van der Waals surface area contributed by atoms with Gasteiger partial charge in [-0.15, -0.1) is 11.8 Å². The molecule has 1 aromatic rings. The number of sulfonamides is 1. The Hall–Kier alpha value is -1.12. The lowest BCUT2D eigenvalue weighted by atomic mass is 10.2. The predicted molar refractivity (Wildman–Crippen MR) is 84.4 cm³/mol. The third kappa shape index (κ3) is 3.61. The quantitative estimate of drug-likeness (QED) is 0.883. The van der Waals surface area contributed by atoms with Crippen LogP contribution in [0.15, 0.2) is 29.2 Å². The van der Waals surface area contributed by atoms with Crippen molar-refractivity contribution < 1.29 is 17.6 Å². The lowest BCUT2D eigenvalue weighted by Gasteiger charge is -2.24. The molecule has 0 radical (unpaired) electrons. The Morgan fingerprint density at radius 1 is 1.45 bits per heavy atom. The highest BCUT2D eigenvalue weighted by molar-refractivity contribution is 8.00. The Morgan fingerprint density at radius 3 is 2.68 bits per heavy atom. The van der Waals surface area contributed by atoms with Crippen LogP contribution in [0.4, 0.5) is 4.39 Å². The first-order valence-corrected chi connectivity index (χ1v) is 9.61. The van der Waals surface area contributed by atoms with Crippen LogP contribution in [-0.2, 0) is 14.8 Å². The van der Waals surface area contributed by atoms with Crippen LogP contribution in [0.3, 0.4) is 0 Å². The van der Waals surface area contributed by atoms with Gasteiger partial charge in [-0.2, -0.15) is 4.31 Å². The molecule has 2 rings (SSSR count). The normalized spacial score (nSPS) is 20.8. The number of nitrogens with zero attached hydrogens (tertiary/aromatic N) is 1. The summed E-state index contributed by atoms with van der Waals surface area (Å²) in [6.45, 7) is 3.82. The third-order valence-corrected chi connectivity index (χ3v) is 6.61. The van der Waals surface area contributed by atoms with E-state index in [0.717, 1.165) is 18.6 Å². The Labute approximate surface area is 134 Å². The highest BCUT2D eigenvalue weighted by Crippen LogP contribution is 2.28. The fourth-order valence-corrected chi connectivity index (χ4v) is 5.20. The number of carbonyl (C=O) groups excluding carboxylic acids is 1. The molecule has 2 atom stereocenters. The summed E-state index contributed by atoms with van der Waals surface area (Å²) in [6, 6.07) is 3.91. The van der Waals surface area contributed by atoms with E-state index < -0.39 is 21.9 Å². The van der Waals surface area contributed by atoms with Gasteiger partial charge in [-0.25, -0.2) is 12.8 Å². The van der Waals surface area contributed by atoms with Crippen LogP contribution in [0.25, 0.3) is 0 Å². The van der Waals surface area contributed by atoms with Crippen molar-refractivity contribution in [3.63, 3.8) is 0 Å². The van der Waals surface area contributed by atoms with Gasteiger partial charge in [0.15, 0.2) is 0 Å². The molecular weight excluding hydrogens is 327 g/mol. The summed E-state index contributed by atoms with van der Waals surface area (Å²) >= 11 is 1.39. The summed E-state index contributed by atoms with van der Waals surface area (Å²) in [7, 11) is -3.81. The van der Waals surface area contributed by atoms with Crippen LogP contribution >= 0.6 is 11.8 Å². The van der Waals surface area contributed by atoms with E-state index in [9.17, 15) is 17.6 Å². The SMILES string of the molecule is CC[C@H](C)NC(=O)[C@@H]1CSCN1S(=O)(=O)c1ccc(F)cc1. The van der Waals surface area contributed by atoms with Crippen LogP contribution in [0.5, 0.6) is 0 Å². The number of thioether (sulfide) groups is 1. The molecule has 0 saturated carbocycles. The molecule has 1 aliphatic rings. The lowest BCUT2D eigenvalue weighted by molar-refractivity contribution is -0.124. The van der Waals surface area contributed by atoms with Crippen LogP contribution < -0.4 is 5.32 Å². The molecule has 22 heavy (non-hydrogen) atoms. The van der Waals surface area contributed by atoms with E-state index in [0.29, 0.717) is 5.75 Å². The monoisotopic (exact) mass is 346 g/mol. The standard InChI is InChI=1S/C14H19FN2O3S2/c1-3-10(2)16-14(18)13-8-21-9-17(13)22(19,20)12-6-4-11(15)5-7-12/h4-7,10,13H,3,8-9H2,1-2H3,(H,16,18)/t10-,13-/m0/s1. The Morgan fingerprint density at radius 2 is 2.09 bits per heavy atom. The molecule has 0 aliphatic carbocycles. The molecule has 0 bridgehead atoms. The molecule has 1 aromatic carbocycles. The molecule has 5 nitrogen and oxygen atoms in total. The molecule has 1 N–H and O–H groups in total. The van der Waals surface area contributed by atoms with Gasteiger partial charge in [-0.3, -0.25) is 4.79 Å². The second kappa shape index (κ2) is 6.97. The maximum Gasteiger partial charge on any atom is 0.244 e. The summed E-state index contributed by atoms with van der Waals surface area (Å²) < 4.78 is 39.4. The van der Waals surface area contributed by atoms with Crippen molar-refractivity contribution in [1.82, 2.24) is 9.62 Å². The minimum absolute atomic E-state index is 0.00209. The molecule has 0 spiro atoms. The maximum absolute atomic E-state index is 13.0. The minimum atomic E-state index is -3.81. The summed E-state index contributed by atoms with van der Waals surface area (Å²) in [4.78, 5) is 12.3. The van der Waals surface area contributed by atoms with Gasteiger partial charge >= 0.3 is 0 Å². The summed E-state index contributed by atoms with van der Waals surface area (Å²) in [6.07, 6.45) is 0.774. The van der Waals surface area contributed by atoms with Gasteiger partial charge in [-0.05, 0) is 37.6 Å². The molecule has 0 aromatic heterocycles. The number of hydrogen-bond donors (Lipinski definition) is 1. The van der Waals surface area contributed by atoms with Crippen molar-refractivity contribution >= 4 is 27.7 Å². The van der Waals surface area contributed by atoms with E-state index in [-0.39, 0.29) is 22.7 Å². The zero-order valence-electron chi connectivity index (χ0n) is 12.5. The fourth-order valence-electron chi connectivity index (χ4n) is 2.05. The first kappa shape index (κ1) is 17.2. The summed E-state index contributed by atoms with van der Waals surface area (Å²) in [5.74, 6) is -0.146. The number of carbonyl (C=O) groups is 1. The largest absolute Gasteiger partial charge is 0.352 e. The van der Waals surface area contributed by atoms with Crippen LogP contribution in [-0.4, -0.2) is 42.3 Å². The van der Waals surface area contributed by atoms with E-state index in [1.54, 1.807) is 0 Å². The topological polar surface area (TPSA) is 66.5 Å². The summed E-state index contributed by atoms with van der Waals surface area (Å²) in [5, 5.41) is 2.82. The minimum Gasteiger partial charge on any atom is -0.352 e. The molecule has 1 aliphatic heterocycles. The average molecular weight is 346 g/mol. The van der Waals surface area contributed by atoms with Gasteiger partial charge in [-0.1, -0.05) is 6.92 Å². The zero-order valence-corrected chi connectivity index (χ0v) is 14.1. The maximum atomic E-state index is 13.0. The van der Waals surface area contributed by atoms with Gasteiger partial charge in [0.25, 0.3) is 0 Å². The van der Waals surface area contributed by atoms with E-state index in [4.69, 9.17) is 0 Å². The van der Waals surface area contributed by atoms with E-state index >= 15 is 0 Å². The Kier molecular flexibility index (Phi) is 5.46. The molecule has 0 unspecified atom stereocenters. The molecule has 1 amide bonds. The first-order chi connectivity index (χ1) is 10.4. The van der Waals surface area contributed by atoms with Crippen LogP contribution in [0, 0.1) is 5.82 Å². The van der Waals surface area contributed by atoms with Crippen molar-refractivity contribution in [2.45, 2.75) is 37.2 Å². The third-order valence-electron chi connectivity index (χ3n) is 3.57. The highest BCUT2D eigenvalue weighted by atomic mass is 32.2. The van der Waals surface area contributed by atoms with Gasteiger partial charge in [0.1, 0.15) is 11.9 Å². The zero-order chi connectivity index (χ0) is 16.3. The van der Waals surface area contributed by atoms with Crippen LogP contribution in [0.2, 0.25) is 0 Å². The summed E-state index contributed by atoms with van der Waals surface area (Å²) in [5.41, 5.74) is 0. The highest BCUT2D eigenvalue weighted by Gasteiger charge is 2.40. The number of nitrogens with one attached hydrogen (secondary N) is 1. The lowest BCUT2D eigenvalue weighted by Crippen LogP contribution is -2.49.